The van der Waals surface area contributed by atoms with E-state index in [1.54, 1.807) is 12.1 Å². The number of aromatic nitrogens is 3. The number of pyridine rings is 1. The molecule has 130 valence electrons. The summed E-state index contributed by atoms with van der Waals surface area (Å²) in [6, 6.07) is 16.5. The topological polar surface area (TPSA) is 70.7 Å². The van der Waals surface area contributed by atoms with Crippen LogP contribution in [0.3, 0.4) is 0 Å². The van der Waals surface area contributed by atoms with Crippen molar-refractivity contribution in [1.29, 1.82) is 0 Å². The van der Waals surface area contributed by atoms with Crippen molar-refractivity contribution in [2.45, 2.75) is 13.3 Å². The zero-order valence-electron chi connectivity index (χ0n) is 14.0. The molecular weight excluding hydrogens is 350 g/mol. The summed E-state index contributed by atoms with van der Waals surface area (Å²) in [5.74, 6) is 0. The molecule has 0 bridgehead atoms. The molecule has 0 spiro atoms. The SMILES string of the molecule is Cc1[nH]c2[nH]n(-c3ccccc3)c(=O)c2c(=O)c1Cc1ccc(Cl)cc1. The highest BCUT2D eigenvalue weighted by atomic mass is 35.5. The molecule has 0 radical (unpaired) electrons. The average molecular weight is 366 g/mol. The number of fused-ring (bicyclic) bond motifs is 1. The van der Waals surface area contributed by atoms with E-state index in [2.05, 4.69) is 10.1 Å². The first kappa shape index (κ1) is 16.4. The summed E-state index contributed by atoms with van der Waals surface area (Å²) in [7, 11) is 0. The molecule has 0 fully saturated rings. The zero-order valence-corrected chi connectivity index (χ0v) is 14.8. The Labute approximate surface area is 153 Å². The lowest BCUT2D eigenvalue weighted by Crippen LogP contribution is -2.21. The molecule has 0 aliphatic heterocycles. The molecule has 0 unspecified atom stereocenters. The summed E-state index contributed by atoms with van der Waals surface area (Å²) >= 11 is 5.92. The molecule has 6 heteroatoms. The van der Waals surface area contributed by atoms with Crippen LogP contribution >= 0.6 is 11.6 Å². The number of aromatic amines is 2. The molecular formula is C20H16ClN3O2. The molecule has 0 aliphatic rings. The molecule has 2 aromatic heterocycles. The normalized spacial score (nSPS) is 11.2. The van der Waals surface area contributed by atoms with Crippen LogP contribution in [0, 0.1) is 6.92 Å². The molecule has 0 aliphatic carbocycles. The second-order valence-corrected chi connectivity index (χ2v) is 6.64. The maximum atomic E-state index is 13.0. The first-order valence-corrected chi connectivity index (χ1v) is 8.59. The Kier molecular flexibility index (Phi) is 4.01. The summed E-state index contributed by atoms with van der Waals surface area (Å²) in [6.45, 7) is 1.84. The molecule has 0 saturated carbocycles. The molecule has 2 heterocycles. The summed E-state index contributed by atoms with van der Waals surface area (Å²) in [4.78, 5) is 29.0. The van der Waals surface area contributed by atoms with Gasteiger partial charge in [0.15, 0.2) is 5.43 Å². The maximum absolute atomic E-state index is 13.0. The number of hydrogen-bond acceptors (Lipinski definition) is 2. The molecule has 4 aromatic rings. The van der Waals surface area contributed by atoms with E-state index in [0.717, 1.165) is 11.3 Å². The smallest absolute Gasteiger partial charge is 0.284 e. The number of para-hydroxylation sites is 1. The van der Waals surface area contributed by atoms with Crippen LogP contribution in [0.4, 0.5) is 0 Å². The van der Waals surface area contributed by atoms with Crippen LogP contribution in [0.25, 0.3) is 16.7 Å². The predicted octanol–water partition coefficient (Wildman–Crippen LogP) is 3.56. The van der Waals surface area contributed by atoms with Crippen molar-refractivity contribution in [3.63, 3.8) is 0 Å². The Hall–Kier alpha value is -3.05. The van der Waals surface area contributed by atoms with Crippen molar-refractivity contribution in [1.82, 2.24) is 14.8 Å². The second-order valence-electron chi connectivity index (χ2n) is 6.20. The van der Waals surface area contributed by atoms with Gasteiger partial charge in [0, 0.05) is 22.7 Å². The maximum Gasteiger partial charge on any atom is 0.284 e. The van der Waals surface area contributed by atoms with Gasteiger partial charge in [0.05, 0.1) is 5.69 Å². The van der Waals surface area contributed by atoms with Gasteiger partial charge >= 0.3 is 0 Å². The van der Waals surface area contributed by atoms with Crippen LogP contribution in [-0.2, 0) is 6.42 Å². The molecule has 0 amide bonds. The van der Waals surface area contributed by atoms with Crippen LogP contribution in [0.15, 0.2) is 64.2 Å². The first-order chi connectivity index (χ1) is 12.5. The van der Waals surface area contributed by atoms with Crippen molar-refractivity contribution < 1.29 is 0 Å². The van der Waals surface area contributed by atoms with E-state index >= 15 is 0 Å². The number of benzene rings is 2. The number of hydrogen-bond donors (Lipinski definition) is 2. The van der Waals surface area contributed by atoms with Crippen molar-refractivity contribution in [3.8, 4) is 5.69 Å². The highest BCUT2D eigenvalue weighted by Crippen LogP contribution is 2.15. The van der Waals surface area contributed by atoms with Crippen molar-refractivity contribution in [2.75, 3.05) is 0 Å². The Morgan fingerprint density at radius 1 is 1.00 bits per heavy atom. The lowest BCUT2D eigenvalue weighted by atomic mass is 10.0. The van der Waals surface area contributed by atoms with Crippen molar-refractivity contribution >= 4 is 22.6 Å². The largest absolute Gasteiger partial charge is 0.343 e. The first-order valence-electron chi connectivity index (χ1n) is 8.21. The third kappa shape index (κ3) is 2.76. The standard InChI is InChI=1S/C20H16ClN3O2/c1-12-16(11-13-7-9-14(21)10-8-13)18(25)17-19(22-12)23-24(20(17)26)15-5-3-2-4-6-15/h2-10H,11H2,1H3,(H2,22,23,25). The van der Waals surface area contributed by atoms with Crippen LogP contribution in [0.2, 0.25) is 5.02 Å². The Balaban J connectivity index is 1.88. The van der Waals surface area contributed by atoms with Gasteiger partial charge in [-0.25, -0.2) is 4.68 Å². The summed E-state index contributed by atoms with van der Waals surface area (Å²) < 4.78 is 1.38. The second kappa shape index (κ2) is 6.35. The summed E-state index contributed by atoms with van der Waals surface area (Å²) in [5, 5.41) is 3.78. The predicted molar refractivity (Wildman–Crippen MR) is 104 cm³/mol. The van der Waals surface area contributed by atoms with Crippen LogP contribution in [0.5, 0.6) is 0 Å². The summed E-state index contributed by atoms with van der Waals surface area (Å²) in [5.41, 5.74) is 2.78. The third-order valence-electron chi connectivity index (χ3n) is 4.47. The van der Waals surface area contributed by atoms with Gasteiger partial charge < -0.3 is 4.98 Å². The molecule has 0 saturated heterocycles. The lowest BCUT2D eigenvalue weighted by molar-refractivity contribution is 0.857. The van der Waals surface area contributed by atoms with Crippen LogP contribution in [-0.4, -0.2) is 14.8 Å². The minimum absolute atomic E-state index is 0.142. The average Bonchev–Trinajstić information content (AvgIpc) is 2.97. The highest BCUT2D eigenvalue weighted by Gasteiger charge is 2.17. The van der Waals surface area contributed by atoms with Gasteiger partial charge in [-0.2, -0.15) is 0 Å². The van der Waals surface area contributed by atoms with E-state index in [-0.39, 0.29) is 16.4 Å². The molecule has 26 heavy (non-hydrogen) atoms. The number of halogens is 1. The van der Waals surface area contributed by atoms with Gasteiger partial charge in [-0.3, -0.25) is 14.7 Å². The fraction of sp³-hybridized carbons (Fsp3) is 0.100. The number of aryl methyl sites for hydroxylation is 1. The van der Waals surface area contributed by atoms with Gasteiger partial charge in [0.1, 0.15) is 11.0 Å². The lowest BCUT2D eigenvalue weighted by Gasteiger charge is -2.06. The number of H-pyrrole nitrogens is 2. The number of rotatable bonds is 3. The minimum Gasteiger partial charge on any atom is -0.343 e. The van der Waals surface area contributed by atoms with Crippen molar-refractivity contribution in [3.05, 3.63) is 97.0 Å². The number of nitrogens with one attached hydrogen (secondary N) is 2. The summed E-state index contributed by atoms with van der Waals surface area (Å²) in [6.07, 6.45) is 0.435. The highest BCUT2D eigenvalue weighted by molar-refractivity contribution is 6.30. The van der Waals surface area contributed by atoms with Gasteiger partial charge in [0.25, 0.3) is 5.56 Å². The molecule has 4 rings (SSSR count). The monoisotopic (exact) mass is 365 g/mol. The zero-order chi connectivity index (χ0) is 18.3. The van der Waals surface area contributed by atoms with Gasteiger partial charge in [0.2, 0.25) is 0 Å². The molecule has 0 atom stereocenters. The van der Waals surface area contributed by atoms with E-state index in [1.807, 2.05) is 49.4 Å². The Bertz CT molecular complexity index is 1200. The Morgan fingerprint density at radius 3 is 2.38 bits per heavy atom. The minimum atomic E-state index is -0.357. The van der Waals surface area contributed by atoms with Crippen molar-refractivity contribution in [2.24, 2.45) is 0 Å². The van der Waals surface area contributed by atoms with Gasteiger partial charge in [-0.05, 0) is 36.8 Å². The molecule has 2 N–H and O–H groups in total. The molecule has 2 aromatic carbocycles. The van der Waals surface area contributed by atoms with E-state index < -0.39 is 0 Å². The third-order valence-corrected chi connectivity index (χ3v) is 4.72. The fourth-order valence-corrected chi connectivity index (χ4v) is 3.23. The van der Waals surface area contributed by atoms with E-state index in [4.69, 9.17) is 11.6 Å². The van der Waals surface area contributed by atoms with Gasteiger partial charge in [-0.15, -0.1) is 0 Å². The number of nitrogens with zero attached hydrogens (tertiary/aromatic N) is 1. The van der Waals surface area contributed by atoms with Crippen LogP contribution < -0.4 is 11.0 Å². The quantitative estimate of drug-likeness (QED) is 0.582. The Morgan fingerprint density at radius 2 is 1.69 bits per heavy atom. The van der Waals surface area contributed by atoms with Gasteiger partial charge in [-0.1, -0.05) is 41.9 Å². The molecule has 5 nitrogen and oxygen atoms in total. The van der Waals surface area contributed by atoms with E-state index in [9.17, 15) is 9.59 Å². The van der Waals surface area contributed by atoms with E-state index in [1.165, 1.54) is 4.68 Å². The fourth-order valence-electron chi connectivity index (χ4n) is 3.10. The van der Waals surface area contributed by atoms with E-state index in [0.29, 0.717) is 28.3 Å². The van der Waals surface area contributed by atoms with Crippen LogP contribution in [0.1, 0.15) is 16.8 Å².